The van der Waals surface area contributed by atoms with E-state index in [1.807, 2.05) is 0 Å². The quantitative estimate of drug-likeness (QED) is 0.904. The second kappa shape index (κ2) is 5.44. The minimum Gasteiger partial charge on any atom is -0.481 e. The molecular formula is C14H14ClNO5. The van der Waals surface area contributed by atoms with Crippen LogP contribution in [-0.2, 0) is 4.79 Å². The number of nitrogens with zero attached hydrogens (tertiary/aromatic N) is 1. The van der Waals surface area contributed by atoms with Gasteiger partial charge in [-0.1, -0.05) is 11.6 Å². The summed E-state index contributed by atoms with van der Waals surface area (Å²) < 4.78 is 10.5. The first-order valence-corrected chi connectivity index (χ1v) is 7.05. The van der Waals surface area contributed by atoms with Crippen molar-refractivity contribution in [3.63, 3.8) is 0 Å². The molecular weight excluding hydrogens is 298 g/mol. The molecule has 0 bridgehead atoms. The summed E-state index contributed by atoms with van der Waals surface area (Å²) in [5.41, 5.74) is 0.429. The van der Waals surface area contributed by atoms with E-state index in [0.717, 1.165) is 0 Å². The van der Waals surface area contributed by atoms with Crippen LogP contribution in [0.1, 0.15) is 23.2 Å². The van der Waals surface area contributed by atoms with Gasteiger partial charge < -0.3 is 19.5 Å². The summed E-state index contributed by atoms with van der Waals surface area (Å²) in [6.07, 6.45) is 0.943. The largest absolute Gasteiger partial charge is 0.481 e. The van der Waals surface area contributed by atoms with Crippen LogP contribution in [0.4, 0.5) is 0 Å². The van der Waals surface area contributed by atoms with E-state index < -0.39 is 5.97 Å². The maximum Gasteiger partial charge on any atom is 0.306 e. The molecule has 1 amide bonds. The standard InChI is InChI=1S/C14H14ClNO5/c15-10-5-9(6-11-12(10)21-7-20-11)13(17)16-3-1-8(2-4-16)14(18)19/h5-6,8H,1-4,7H2,(H,18,19). The fraction of sp³-hybridized carbons (Fsp3) is 0.429. The van der Waals surface area contributed by atoms with Gasteiger partial charge in [-0.05, 0) is 25.0 Å². The number of carbonyl (C=O) groups excluding carboxylic acids is 1. The molecule has 1 aromatic carbocycles. The Morgan fingerprint density at radius 3 is 2.62 bits per heavy atom. The summed E-state index contributed by atoms with van der Waals surface area (Å²) in [5, 5.41) is 9.31. The number of hydrogen-bond acceptors (Lipinski definition) is 4. The van der Waals surface area contributed by atoms with Gasteiger partial charge in [0.2, 0.25) is 6.79 Å². The van der Waals surface area contributed by atoms with Crippen molar-refractivity contribution in [2.24, 2.45) is 5.92 Å². The number of piperidine rings is 1. The highest BCUT2D eigenvalue weighted by atomic mass is 35.5. The van der Waals surface area contributed by atoms with Crippen molar-refractivity contribution in [2.45, 2.75) is 12.8 Å². The minimum atomic E-state index is -0.798. The van der Waals surface area contributed by atoms with Crippen LogP contribution in [0.3, 0.4) is 0 Å². The number of amides is 1. The average Bonchev–Trinajstić information content (AvgIpc) is 2.95. The van der Waals surface area contributed by atoms with Gasteiger partial charge in [-0.3, -0.25) is 9.59 Å². The lowest BCUT2D eigenvalue weighted by atomic mass is 9.96. The van der Waals surface area contributed by atoms with Crippen molar-refractivity contribution in [1.82, 2.24) is 4.90 Å². The molecule has 0 aromatic heterocycles. The van der Waals surface area contributed by atoms with Crippen molar-refractivity contribution < 1.29 is 24.2 Å². The van der Waals surface area contributed by atoms with Crippen molar-refractivity contribution in [1.29, 1.82) is 0 Å². The van der Waals surface area contributed by atoms with Gasteiger partial charge in [-0.25, -0.2) is 0 Å². The maximum atomic E-state index is 12.5. The zero-order valence-corrected chi connectivity index (χ0v) is 11.9. The zero-order valence-electron chi connectivity index (χ0n) is 11.2. The van der Waals surface area contributed by atoms with Crippen molar-refractivity contribution in [3.05, 3.63) is 22.7 Å². The number of carboxylic acids is 1. The molecule has 0 atom stereocenters. The van der Waals surface area contributed by atoms with E-state index in [-0.39, 0.29) is 18.6 Å². The number of fused-ring (bicyclic) bond motifs is 1. The molecule has 0 unspecified atom stereocenters. The molecule has 1 fully saturated rings. The first-order valence-electron chi connectivity index (χ1n) is 6.67. The Morgan fingerprint density at radius 2 is 1.95 bits per heavy atom. The Kier molecular flexibility index (Phi) is 3.63. The molecule has 0 saturated carbocycles. The number of hydrogen-bond donors (Lipinski definition) is 1. The summed E-state index contributed by atoms with van der Waals surface area (Å²) in [5.74, 6) is -0.411. The van der Waals surface area contributed by atoms with Crippen LogP contribution in [0.25, 0.3) is 0 Å². The fourth-order valence-corrected chi connectivity index (χ4v) is 2.87. The van der Waals surface area contributed by atoms with Crippen LogP contribution in [0, 0.1) is 5.92 Å². The predicted molar refractivity (Wildman–Crippen MR) is 73.8 cm³/mol. The van der Waals surface area contributed by atoms with Crippen molar-refractivity contribution >= 4 is 23.5 Å². The first kappa shape index (κ1) is 14.0. The lowest BCUT2D eigenvalue weighted by Crippen LogP contribution is -2.40. The van der Waals surface area contributed by atoms with E-state index in [9.17, 15) is 9.59 Å². The van der Waals surface area contributed by atoms with Crippen molar-refractivity contribution in [3.8, 4) is 11.5 Å². The zero-order chi connectivity index (χ0) is 15.0. The Bertz CT molecular complexity index is 595. The van der Waals surface area contributed by atoms with E-state index in [2.05, 4.69) is 0 Å². The second-order valence-electron chi connectivity index (χ2n) is 5.10. The highest BCUT2D eigenvalue weighted by Gasteiger charge is 2.29. The molecule has 2 aliphatic rings. The van der Waals surface area contributed by atoms with Crippen LogP contribution >= 0.6 is 11.6 Å². The van der Waals surface area contributed by atoms with E-state index in [1.165, 1.54) is 0 Å². The molecule has 7 heteroatoms. The Balaban J connectivity index is 1.75. The monoisotopic (exact) mass is 311 g/mol. The second-order valence-corrected chi connectivity index (χ2v) is 5.50. The summed E-state index contributed by atoms with van der Waals surface area (Å²) in [7, 11) is 0. The molecule has 2 aliphatic heterocycles. The normalized spacial score (nSPS) is 17.9. The molecule has 0 spiro atoms. The van der Waals surface area contributed by atoms with Crippen LogP contribution in [0.5, 0.6) is 11.5 Å². The van der Waals surface area contributed by atoms with Gasteiger partial charge in [0.1, 0.15) is 0 Å². The molecule has 2 heterocycles. The molecule has 1 aromatic rings. The molecule has 0 radical (unpaired) electrons. The fourth-order valence-electron chi connectivity index (χ4n) is 2.60. The number of carboxylic acid groups (broad SMARTS) is 1. The maximum absolute atomic E-state index is 12.5. The number of aliphatic carboxylic acids is 1. The lowest BCUT2D eigenvalue weighted by molar-refractivity contribution is -0.143. The first-order chi connectivity index (χ1) is 10.1. The summed E-state index contributed by atoms with van der Waals surface area (Å²) in [6.45, 7) is 0.959. The smallest absolute Gasteiger partial charge is 0.306 e. The van der Waals surface area contributed by atoms with Gasteiger partial charge in [-0.15, -0.1) is 0 Å². The third-order valence-corrected chi connectivity index (χ3v) is 4.09. The Hall–Kier alpha value is -1.95. The lowest BCUT2D eigenvalue weighted by Gasteiger charge is -2.30. The molecule has 112 valence electrons. The van der Waals surface area contributed by atoms with Gasteiger partial charge >= 0.3 is 5.97 Å². The Morgan fingerprint density at radius 1 is 1.24 bits per heavy atom. The summed E-state index contributed by atoms with van der Waals surface area (Å²) in [6, 6.07) is 3.17. The molecule has 1 N–H and O–H groups in total. The molecule has 1 saturated heterocycles. The van der Waals surface area contributed by atoms with Gasteiger partial charge in [0.05, 0.1) is 10.9 Å². The number of halogens is 1. The van der Waals surface area contributed by atoms with Crippen LogP contribution in [0.15, 0.2) is 12.1 Å². The third kappa shape index (κ3) is 2.63. The van der Waals surface area contributed by atoms with Crippen LogP contribution in [-0.4, -0.2) is 41.8 Å². The SMILES string of the molecule is O=C(O)C1CCN(C(=O)c2cc(Cl)c3c(c2)OCO3)CC1. The van der Waals surface area contributed by atoms with Gasteiger partial charge in [0.25, 0.3) is 5.91 Å². The van der Waals surface area contributed by atoms with Crippen LogP contribution < -0.4 is 9.47 Å². The molecule has 0 aliphatic carbocycles. The minimum absolute atomic E-state index is 0.0940. The van der Waals surface area contributed by atoms with Gasteiger partial charge in [0, 0.05) is 18.7 Å². The molecule has 3 rings (SSSR count). The van der Waals surface area contributed by atoms with E-state index in [0.29, 0.717) is 48.0 Å². The average molecular weight is 312 g/mol. The van der Waals surface area contributed by atoms with E-state index >= 15 is 0 Å². The van der Waals surface area contributed by atoms with Gasteiger partial charge in [-0.2, -0.15) is 0 Å². The number of benzene rings is 1. The van der Waals surface area contributed by atoms with Crippen molar-refractivity contribution in [2.75, 3.05) is 19.9 Å². The van der Waals surface area contributed by atoms with E-state index in [4.69, 9.17) is 26.2 Å². The number of rotatable bonds is 2. The highest BCUT2D eigenvalue weighted by Crippen LogP contribution is 2.40. The number of carbonyl (C=O) groups is 2. The van der Waals surface area contributed by atoms with E-state index in [1.54, 1.807) is 17.0 Å². The molecule has 6 nitrogen and oxygen atoms in total. The topological polar surface area (TPSA) is 76.1 Å². The summed E-state index contributed by atoms with van der Waals surface area (Å²) in [4.78, 5) is 25.0. The Labute approximate surface area is 126 Å². The highest BCUT2D eigenvalue weighted by molar-refractivity contribution is 6.32. The van der Waals surface area contributed by atoms with Gasteiger partial charge in [0.15, 0.2) is 11.5 Å². The number of likely N-dealkylation sites (tertiary alicyclic amines) is 1. The number of ether oxygens (including phenoxy) is 2. The summed E-state index contributed by atoms with van der Waals surface area (Å²) >= 11 is 6.07. The molecule has 21 heavy (non-hydrogen) atoms. The van der Waals surface area contributed by atoms with Crippen LogP contribution in [0.2, 0.25) is 5.02 Å². The predicted octanol–water partition coefficient (Wildman–Crippen LogP) is 2.01. The third-order valence-electron chi connectivity index (χ3n) is 3.81.